The van der Waals surface area contributed by atoms with Gasteiger partial charge in [0.1, 0.15) is 5.60 Å². The highest BCUT2D eigenvalue weighted by Crippen LogP contribution is 2.20. The summed E-state index contributed by atoms with van der Waals surface area (Å²) in [7, 11) is 0. The first-order chi connectivity index (χ1) is 9.80. The lowest BCUT2D eigenvalue weighted by Crippen LogP contribution is -2.45. The van der Waals surface area contributed by atoms with Crippen LogP contribution in [-0.4, -0.2) is 41.5 Å². The average molecular weight is 300 g/mol. The Morgan fingerprint density at radius 1 is 1.24 bits per heavy atom. The molecule has 1 rings (SSSR count). The Morgan fingerprint density at radius 2 is 1.81 bits per heavy atom. The van der Waals surface area contributed by atoms with E-state index in [1.807, 2.05) is 20.8 Å². The van der Waals surface area contributed by atoms with E-state index in [9.17, 15) is 4.79 Å². The van der Waals surface area contributed by atoms with Gasteiger partial charge < -0.3 is 20.5 Å². The van der Waals surface area contributed by atoms with Crippen LogP contribution in [0.4, 0.5) is 4.79 Å². The molecule has 0 bridgehead atoms. The maximum atomic E-state index is 11.7. The van der Waals surface area contributed by atoms with Crippen LogP contribution in [0.25, 0.3) is 0 Å². The fourth-order valence-electron chi connectivity index (χ4n) is 2.76. The molecule has 0 heterocycles. The first-order valence-electron chi connectivity index (χ1n) is 8.16. The number of aliphatic hydroxyl groups is 1. The second-order valence-corrected chi connectivity index (χ2v) is 7.13. The van der Waals surface area contributed by atoms with Crippen LogP contribution in [-0.2, 0) is 4.74 Å². The molecule has 1 aliphatic carbocycles. The number of amides is 1. The summed E-state index contributed by atoms with van der Waals surface area (Å²) in [5.41, 5.74) is -0.440. The molecule has 0 aromatic rings. The first kappa shape index (κ1) is 18.2. The minimum atomic E-state index is -0.440. The van der Waals surface area contributed by atoms with Gasteiger partial charge in [-0.3, -0.25) is 0 Å². The van der Waals surface area contributed by atoms with Gasteiger partial charge in [0.05, 0.1) is 0 Å². The smallest absolute Gasteiger partial charge is 0.407 e. The molecule has 0 radical (unpaired) electrons. The summed E-state index contributed by atoms with van der Waals surface area (Å²) in [5, 5.41) is 15.4. The van der Waals surface area contributed by atoms with Crippen LogP contribution in [0.5, 0.6) is 0 Å². The second kappa shape index (κ2) is 8.59. The predicted molar refractivity (Wildman–Crippen MR) is 84.3 cm³/mol. The summed E-state index contributed by atoms with van der Waals surface area (Å²) < 4.78 is 5.29. The normalized spacial score (nSPS) is 24.4. The first-order valence-corrected chi connectivity index (χ1v) is 8.16. The third-order valence-corrected chi connectivity index (χ3v) is 3.76. The Hall–Kier alpha value is -0.810. The molecule has 5 nitrogen and oxygen atoms in total. The van der Waals surface area contributed by atoms with Gasteiger partial charge in [-0.25, -0.2) is 4.79 Å². The van der Waals surface area contributed by atoms with Crippen molar-refractivity contribution in [2.45, 2.75) is 89.9 Å². The van der Waals surface area contributed by atoms with Gasteiger partial charge in [0, 0.05) is 24.7 Å². The van der Waals surface area contributed by atoms with Crippen molar-refractivity contribution >= 4 is 6.09 Å². The van der Waals surface area contributed by atoms with Gasteiger partial charge in [-0.05, 0) is 66.2 Å². The number of hydrogen-bond acceptors (Lipinski definition) is 4. The zero-order valence-corrected chi connectivity index (χ0v) is 13.9. The van der Waals surface area contributed by atoms with E-state index in [0.717, 1.165) is 38.5 Å². The number of rotatable bonds is 6. The zero-order chi connectivity index (χ0) is 15.9. The lowest BCUT2D eigenvalue weighted by Gasteiger charge is -2.32. The third kappa shape index (κ3) is 8.27. The maximum absolute atomic E-state index is 11.7. The molecule has 1 atom stereocenters. The number of hydrogen-bond donors (Lipinski definition) is 3. The van der Waals surface area contributed by atoms with Gasteiger partial charge in [0.15, 0.2) is 0 Å². The molecule has 124 valence electrons. The summed E-state index contributed by atoms with van der Waals surface area (Å²) in [6, 6.07) is 1.19. The molecule has 0 spiro atoms. The molecule has 5 heteroatoms. The lowest BCUT2D eigenvalue weighted by molar-refractivity contribution is 0.0489. The van der Waals surface area contributed by atoms with Crippen molar-refractivity contribution in [3.8, 4) is 0 Å². The summed E-state index contributed by atoms with van der Waals surface area (Å²) in [4.78, 5) is 11.7. The monoisotopic (exact) mass is 300 g/mol. The molecule has 1 fully saturated rings. The van der Waals surface area contributed by atoms with Crippen LogP contribution < -0.4 is 10.6 Å². The van der Waals surface area contributed by atoms with E-state index in [-0.39, 0.29) is 18.7 Å². The molecule has 1 saturated carbocycles. The molecule has 1 amide bonds. The van der Waals surface area contributed by atoms with Crippen LogP contribution in [0, 0.1) is 0 Å². The molecule has 1 unspecified atom stereocenters. The van der Waals surface area contributed by atoms with Crippen LogP contribution in [0.15, 0.2) is 0 Å². The minimum absolute atomic E-state index is 0.227. The van der Waals surface area contributed by atoms with Gasteiger partial charge in [-0.2, -0.15) is 0 Å². The van der Waals surface area contributed by atoms with Crippen molar-refractivity contribution in [2.75, 3.05) is 6.61 Å². The highest BCUT2D eigenvalue weighted by Gasteiger charge is 2.25. The number of aliphatic hydroxyl groups excluding tert-OH is 1. The Bertz CT molecular complexity index is 307. The summed E-state index contributed by atoms with van der Waals surface area (Å²) in [6.07, 6.45) is 5.67. The fourth-order valence-corrected chi connectivity index (χ4v) is 2.76. The molecule has 0 aromatic carbocycles. The summed E-state index contributed by atoms with van der Waals surface area (Å²) in [6.45, 7) is 8.06. The zero-order valence-electron chi connectivity index (χ0n) is 13.9. The van der Waals surface area contributed by atoms with Gasteiger partial charge in [0.2, 0.25) is 0 Å². The number of carbonyl (C=O) groups is 1. The topological polar surface area (TPSA) is 70.6 Å². The molecule has 21 heavy (non-hydrogen) atoms. The average Bonchev–Trinajstić information content (AvgIpc) is 2.36. The van der Waals surface area contributed by atoms with Crippen LogP contribution in [0.3, 0.4) is 0 Å². The van der Waals surface area contributed by atoms with Crippen molar-refractivity contribution in [2.24, 2.45) is 0 Å². The minimum Gasteiger partial charge on any atom is -0.444 e. The van der Waals surface area contributed by atoms with E-state index in [4.69, 9.17) is 9.84 Å². The van der Waals surface area contributed by atoms with Gasteiger partial charge in [-0.15, -0.1) is 0 Å². The van der Waals surface area contributed by atoms with E-state index in [1.165, 1.54) is 0 Å². The quantitative estimate of drug-likeness (QED) is 0.705. The highest BCUT2D eigenvalue weighted by molar-refractivity contribution is 5.68. The van der Waals surface area contributed by atoms with Crippen LogP contribution in [0.1, 0.15) is 66.2 Å². The Labute approximate surface area is 128 Å². The Kier molecular flexibility index (Phi) is 7.46. The van der Waals surface area contributed by atoms with Crippen molar-refractivity contribution in [1.29, 1.82) is 0 Å². The fraction of sp³-hybridized carbons (Fsp3) is 0.938. The molecule has 0 aromatic heterocycles. The molecule has 3 N–H and O–H groups in total. The largest absolute Gasteiger partial charge is 0.444 e. The number of alkyl carbamates (subject to hydrolysis) is 1. The number of carbonyl (C=O) groups excluding carboxylic acids is 1. The van der Waals surface area contributed by atoms with Crippen LogP contribution >= 0.6 is 0 Å². The van der Waals surface area contributed by atoms with Crippen molar-refractivity contribution in [3.63, 3.8) is 0 Å². The van der Waals surface area contributed by atoms with E-state index in [1.54, 1.807) is 0 Å². The van der Waals surface area contributed by atoms with Gasteiger partial charge >= 0.3 is 6.09 Å². The standard InChI is InChI=1S/C16H32N2O3/c1-12(6-5-11-19)17-13-7-9-14(10-8-13)18-15(20)21-16(2,3)4/h12-14,17,19H,5-11H2,1-4H3,(H,18,20). The predicted octanol–water partition coefficient (Wildman–Crippen LogP) is 2.57. The summed E-state index contributed by atoms with van der Waals surface area (Å²) in [5.74, 6) is 0. The lowest BCUT2D eigenvalue weighted by atomic mass is 9.90. The maximum Gasteiger partial charge on any atom is 0.407 e. The van der Waals surface area contributed by atoms with Crippen molar-refractivity contribution < 1.29 is 14.6 Å². The number of ether oxygens (including phenoxy) is 1. The van der Waals surface area contributed by atoms with Gasteiger partial charge in [-0.1, -0.05) is 0 Å². The SMILES string of the molecule is CC(CCCO)NC1CCC(NC(=O)OC(C)(C)C)CC1. The summed E-state index contributed by atoms with van der Waals surface area (Å²) >= 11 is 0. The Morgan fingerprint density at radius 3 is 2.33 bits per heavy atom. The molecule has 1 aliphatic rings. The van der Waals surface area contributed by atoms with Gasteiger partial charge in [0.25, 0.3) is 0 Å². The second-order valence-electron chi connectivity index (χ2n) is 7.13. The van der Waals surface area contributed by atoms with E-state index in [0.29, 0.717) is 12.1 Å². The van der Waals surface area contributed by atoms with Crippen molar-refractivity contribution in [3.05, 3.63) is 0 Å². The van der Waals surface area contributed by atoms with E-state index < -0.39 is 5.60 Å². The number of nitrogens with one attached hydrogen (secondary N) is 2. The van der Waals surface area contributed by atoms with Crippen molar-refractivity contribution in [1.82, 2.24) is 10.6 Å². The Balaban J connectivity index is 2.21. The molecular formula is C16H32N2O3. The highest BCUT2D eigenvalue weighted by atomic mass is 16.6. The molecule has 0 saturated heterocycles. The van der Waals surface area contributed by atoms with E-state index >= 15 is 0 Å². The van der Waals surface area contributed by atoms with E-state index in [2.05, 4.69) is 17.6 Å². The molecule has 0 aliphatic heterocycles. The third-order valence-electron chi connectivity index (χ3n) is 3.76. The van der Waals surface area contributed by atoms with Crippen LogP contribution in [0.2, 0.25) is 0 Å². The molecular weight excluding hydrogens is 268 g/mol.